The molecule has 0 aliphatic heterocycles. The number of carbonyl (C=O) groups is 1. The highest BCUT2D eigenvalue weighted by atomic mass is 16.1. The molecule has 1 unspecified atom stereocenters. The molecule has 3 heteroatoms. The Bertz CT molecular complexity index is 452. The molecule has 0 saturated heterocycles. The second-order valence-electron chi connectivity index (χ2n) is 5.21. The van der Waals surface area contributed by atoms with Crippen LogP contribution in [0.25, 0.3) is 0 Å². The topological polar surface area (TPSA) is 55.1 Å². The molecular weight excluding hydrogens is 212 g/mol. The minimum atomic E-state index is 0.144. The lowest BCUT2D eigenvalue weighted by Gasteiger charge is -2.11. The zero-order valence-electron chi connectivity index (χ0n) is 9.91. The van der Waals surface area contributed by atoms with Gasteiger partial charge in [-0.15, -0.1) is 0 Å². The molecule has 2 aliphatic rings. The Balaban J connectivity index is 1.76. The zero-order chi connectivity index (χ0) is 11.8. The third-order valence-corrected chi connectivity index (χ3v) is 3.76. The van der Waals surface area contributed by atoms with E-state index in [1.54, 1.807) is 0 Å². The van der Waals surface area contributed by atoms with Gasteiger partial charge in [0.15, 0.2) is 0 Å². The second-order valence-corrected chi connectivity index (χ2v) is 5.21. The number of hydrogen-bond donors (Lipinski definition) is 2. The lowest BCUT2D eigenvalue weighted by Crippen LogP contribution is -2.13. The van der Waals surface area contributed by atoms with Gasteiger partial charge in [0, 0.05) is 18.2 Å². The van der Waals surface area contributed by atoms with Crippen LogP contribution in [0.15, 0.2) is 18.2 Å². The van der Waals surface area contributed by atoms with Crippen molar-refractivity contribution < 1.29 is 4.79 Å². The SMILES string of the molecule is NC1CCc2c(NC(=O)CC3CC3)cccc21. The fourth-order valence-electron chi connectivity index (χ4n) is 2.59. The van der Waals surface area contributed by atoms with Crippen LogP contribution in [-0.4, -0.2) is 5.91 Å². The highest BCUT2D eigenvalue weighted by Crippen LogP contribution is 2.35. The van der Waals surface area contributed by atoms with Crippen LogP contribution in [0.3, 0.4) is 0 Å². The van der Waals surface area contributed by atoms with E-state index in [0.717, 1.165) is 18.5 Å². The van der Waals surface area contributed by atoms with E-state index in [9.17, 15) is 4.79 Å². The predicted molar refractivity (Wildman–Crippen MR) is 67.7 cm³/mol. The summed E-state index contributed by atoms with van der Waals surface area (Å²) in [6.45, 7) is 0. The maximum Gasteiger partial charge on any atom is 0.224 e. The summed E-state index contributed by atoms with van der Waals surface area (Å²) >= 11 is 0. The van der Waals surface area contributed by atoms with E-state index >= 15 is 0 Å². The summed E-state index contributed by atoms with van der Waals surface area (Å²) in [4.78, 5) is 11.8. The van der Waals surface area contributed by atoms with Gasteiger partial charge in [-0.25, -0.2) is 0 Å². The lowest BCUT2D eigenvalue weighted by atomic mass is 10.1. The summed E-state index contributed by atoms with van der Waals surface area (Å²) in [6, 6.07) is 6.19. The van der Waals surface area contributed by atoms with Gasteiger partial charge in [-0.2, -0.15) is 0 Å². The third kappa shape index (κ3) is 2.20. The number of hydrogen-bond acceptors (Lipinski definition) is 2. The first-order chi connectivity index (χ1) is 8.24. The second kappa shape index (κ2) is 4.15. The van der Waals surface area contributed by atoms with Gasteiger partial charge in [0.1, 0.15) is 0 Å². The average molecular weight is 230 g/mol. The van der Waals surface area contributed by atoms with E-state index in [1.165, 1.54) is 24.0 Å². The minimum Gasteiger partial charge on any atom is -0.326 e. The van der Waals surface area contributed by atoms with Gasteiger partial charge >= 0.3 is 0 Å². The molecule has 3 nitrogen and oxygen atoms in total. The van der Waals surface area contributed by atoms with Crippen LogP contribution in [0, 0.1) is 5.92 Å². The number of rotatable bonds is 3. The van der Waals surface area contributed by atoms with E-state index in [0.29, 0.717) is 12.3 Å². The van der Waals surface area contributed by atoms with Crippen molar-refractivity contribution in [1.82, 2.24) is 0 Å². The van der Waals surface area contributed by atoms with Gasteiger partial charge in [-0.05, 0) is 48.8 Å². The Labute approximate surface area is 101 Å². The van der Waals surface area contributed by atoms with Gasteiger partial charge in [0.25, 0.3) is 0 Å². The van der Waals surface area contributed by atoms with Crippen LogP contribution in [0.1, 0.15) is 42.9 Å². The zero-order valence-corrected chi connectivity index (χ0v) is 9.91. The maximum atomic E-state index is 11.8. The molecule has 0 heterocycles. The molecule has 0 aromatic heterocycles. The van der Waals surface area contributed by atoms with Crippen molar-refractivity contribution in [2.24, 2.45) is 11.7 Å². The highest BCUT2D eigenvalue weighted by molar-refractivity contribution is 5.92. The van der Waals surface area contributed by atoms with Gasteiger partial charge in [-0.1, -0.05) is 12.1 Å². The fraction of sp³-hybridized carbons (Fsp3) is 0.500. The first-order valence-corrected chi connectivity index (χ1v) is 6.41. The largest absolute Gasteiger partial charge is 0.326 e. The summed E-state index contributed by atoms with van der Waals surface area (Å²) in [5.41, 5.74) is 9.44. The number of amides is 1. The molecule has 1 fully saturated rings. The summed E-state index contributed by atoms with van der Waals surface area (Å²) in [6.07, 6.45) is 5.08. The molecule has 3 N–H and O–H groups in total. The van der Waals surface area contributed by atoms with E-state index in [4.69, 9.17) is 5.73 Å². The summed E-state index contributed by atoms with van der Waals surface area (Å²) in [5.74, 6) is 0.787. The molecule has 1 atom stereocenters. The van der Waals surface area contributed by atoms with Crippen molar-refractivity contribution in [3.63, 3.8) is 0 Å². The van der Waals surface area contributed by atoms with E-state index in [2.05, 4.69) is 11.4 Å². The molecule has 17 heavy (non-hydrogen) atoms. The number of carbonyl (C=O) groups excluding carboxylic acids is 1. The fourth-order valence-corrected chi connectivity index (χ4v) is 2.59. The van der Waals surface area contributed by atoms with Gasteiger partial charge in [0.2, 0.25) is 5.91 Å². The van der Waals surface area contributed by atoms with Crippen LogP contribution in [0.2, 0.25) is 0 Å². The Morgan fingerprint density at radius 3 is 2.94 bits per heavy atom. The summed E-state index contributed by atoms with van der Waals surface area (Å²) in [5, 5.41) is 3.04. The summed E-state index contributed by atoms with van der Waals surface area (Å²) < 4.78 is 0. The number of benzene rings is 1. The average Bonchev–Trinajstić information content (AvgIpc) is 3.03. The van der Waals surface area contributed by atoms with Gasteiger partial charge in [-0.3, -0.25) is 4.79 Å². The van der Waals surface area contributed by atoms with E-state index in [1.807, 2.05) is 12.1 Å². The van der Waals surface area contributed by atoms with Crippen molar-refractivity contribution >= 4 is 11.6 Å². The van der Waals surface area contributed by atoms with E-state index < -0.39 is 0 Å². The lowest BCUT2D eigenvalue weighted by molar-refractivity contribution is -0.116. The molecule has 2 aliphatic carbocycles. The number of nitrogens with one attached hydrogen (secondary N) is 1. The molecule has 1 aromatic rings. The maximum absolute atomic E-state index is 11.8. The monoisotopic (exact) mass is 230 g/mol. The molecule has 1 saturated carbocycles. The van der Waals surface area contributed by atoms with Crippen LogP contribution < -0.4 is 11.1 Å². The normalized spacial score (nSPS) is 22.3. The van der Waals surface area contributed by atoms with Crippen molar-refractivity contribution in [2.75, 3.05) is 5.32 Å². The molecule has 0 radical (unpaired) electrons. The smallest absolute Gasteiger partial charge is 0.224 e. The predicted octanol–water partition coefficient (Wildman–Crippen LogP) is 2.37. The molecule has 90 valence electrons. The molecular formula is C14H18N2O. The first kappa shape index (κ1) is 10.8. The van der Waals surface area contributed by atoms with Crippen LogP contribution >= 0.6 is 0 Å². The van der Waals surface area contributed by atoms with Crippen LogP contribution in [0.4, 0.5) is 5.69 Å². The first-order valence-electron chi connectivity index (χ1n) is 6.41. The number of nitrogens with two attached hydrogens (primary N) is 1. The Morgan fingerprint density at radius 2 is 2.18 bits per heavy atom. The molecule has 0 bridgehead atoms. The minimum absolute atomic E-state index is 0.144. The van der Waals surface area contributed by atoms with Crippen molar-refractivity contribution in [1.29, 1.82) is 0 Å². The quantitative estimate of drug-likeness (QED) is 0.837. The standard InChI is InChI=1S/C14H18N2O/c15-12-7-6-11-10(12)2-1-3-13(11)16-14(17)8-9-4-5-9/h1-3,9,12H,4-8,15H2,(H,16,17). The number of fused-ring (bicyclic) bond motifs is 1. The Kier molecular flexibility index (Phi) is 2.63. The molecule has 0 spiro atoms. The van der Waals surface area contributed by atoms with Crippen LogP contribution in [0.5, 0.6) is 0 Å². The van der Waals surface area contributed by atoms with E-state index in [-0.39, 0.29) is 11.9 Å². The van der Waals surface area contributed by atoms with Gasteiger partial charge in [0.05, 0.1) is 0 Å². The molecule has 1 aromatic carbocycles. The Hall–Kier alpha value is -1.35. The third-order valence-electron chi connectivity index (χ3n) is 3.76. The molecule has 1 amide bonds. The van der Waals surface area contributed by atoms with Crippen molar-refractivity contribution in [3.8, 4) is 0 Å². The van der Waals surface area contributed by atoms with Gasteiger partial charge < -0.3 is 11.1 Å². The van der Waals surface area contributed by atoms with Crippen molar-refractivity contribution in [2.45, 2.75) is 38.1 Å². The number of anilines is 1. The summed E-state index contributed by atoms with van der Waals surface area (Å²) in [7, 11) is 0. The van der Waals surface area contributed by atoms with Crippen molar-refractivity contribution in [3.05, 3.63) is 29.3 Å². The Morgan fingerprint density at radius 1 is 1.35 bits per heavy atom. The molecule has 3 rings (SSSR count). The van der Waals surface area contributed by atoms with Crippen LogP contribution in [-0.2, 0) is 11.2 Å². The highest BCUT2D eigenvalue weighted by Gasteiger charge is 2.26.